The van der Waals surface area contributed by atoms with Crippen molar-refractivity contribution in [2.75, 3.05) is 5.75 Å². The maximum Gasteiger partial charge on any atom is 0.268 e. The Kier molecular flexibility index (Phi) is 6.40. The fourth-order valence-electron chi connectivity index (χ4n) is 4.62. The van der Waals surface area contributed by atoms with E-state index in [2.05, 4.69) is 24.0 Å². The van der Waals surface area contributed by atoms with Gasteiger partial charge in [0.15, 0.2) is 10.9 Å². The van der Waals surface area contributed by atoms with Crippen molar-refractivity contribution in [2.24, 2.45) is 5.92 Å². The molecule has 4 heterocycles. The number of ether oxygens (including phenoxy) is 1. The van der Waals surface area contributed by atoms with Gasteiger partial charge in [-0.05, 0) is 47.9 Å². The lowest BCUT2D eigenvalue weighted by Gasteiger charge is -2.26. The van der Waals surface area contributed by atoms with E-state index in [1.165, 1.54) is 11.8 Å². The van der Waals surface area contributed by atoms with Gasteiger partial charge >= 0.3 is 0 Å². The summed E-state index contributed by atoms with van der Waals surface area (Å²) in [6.45, 7) is 4.75. The molecule has 1 aliphatic rings. The van der Waals surface area contributed by atoms with Crippen molar-refractivity contribution in [1.82, 2.24) is 19.2 Å². The molecule has 1 unspecified atom stereocenters. The average molecular weight is 551 g/mol. The highest BCUT2D eigenvalue weighted by Crippen LogP contribution is 2.37. The third-order valence-electron chi connectivity index (χ3n) is 6.60. The molecule has 0 N–H and O–H groups in total. The molecule has 0 aliphatic carbocycles. The zero-order chi connectivity index (χ0) is 25.7. The van der Waals surface area contributed by atoms with Gasteiger partial charge in [-0.1, -0.05) is 55.4 Å². The summed E-state index contributed by atoms with van der Waals surface area (Å²) in [5, 5.41) is 10.7. The van der Waals surface area contributed by atoms with Gasteiger partial charge < -0.3 is 4.74 Å². The molecule has 1 atom stereocenters. The number of thiophene rings is 1. The predicted molar refractivity (Wildman–Crippen MR) is 148 cm³/mol. The number of ketones is 1. The molecule has 37 heavy (non-hydrogen) atoms. The molecule has 0 fully saturated rings. The standard InChI is InChI=1S/C27H23ClN4O3S2/c1-15(2)21-12-19-22(13-35-21)37-25-23(19)24(34)31(18-6-4-3-5-7-18)26-29-30-27(32(25)26)36-14-20(33)16-8-10-17(28)11-9-16/h3-11,15,21H,12-14H2,1-2H3. The minimum atomic E-state index is -0.114. The molecule has 0 radical (unpaired) electrons. The topological polar surface area (TPSA) is 78.5 Å². The first-order valence-electron chi connectivity index (χ1n) is 12.0. The van der Waals surface area contributed by atoms with Gasteiger partial charge in [0.25, 0.3) is 5.56 Å². The van der Waals surface area contributed by atoms with Crippen LogP contribution in [0.1, 0.15) is 34.6 Å². The molecule has 7 nitrogen and oxygen atoms in total. The fraction of sp³-hybridized carbons (Fsp3) is 0.259. The molecule has 1 aliphatic heterocycles. The highest BCUT2D eigenvalue weighted by atomic mass is 35.5. The second kappa shape index (κ2) is 9.72. The highest BCUT2D eigenvalue weighted by molar-refractivity contribution is 7.99. The Morgan fingerprint density at radius 3 is 2.65 bits per heavy atom. The maximum absolute atomic E-state index is 14.0. The van der Waals surface area contributed by atoms with Crippen molar-refractivity contribution in [3.8, 4) is 5.69 Å². The maximum atomic E-state index is 14.0. The first-order chi connectivity index (χ1) is 17.9. The number of benzene rings is 2. The van der Waals surface area contributed by atoms with Gasteiger partial charge in [-0.25, -0.2) is 8.97 Å². The van der Waals surface area contributed by atoms with Crippen LogP contribution >= 0.6 is 34.7 Å². The number of carbonyl (C=O) groups excluding carboxylic acids is 1. The van der Waals surface area contributed by atoms with Crippen molar-refractivity contribution in [3.05, 3.63) is 86.0 Å². The van der Waals surface area contributed by atoms with E-state index in [0.717, 1.165) is 15.3 Å². The number of aromatic nitrogens is 4. The number of hydrogen-bond donors (Lipinski definition) is 0. The van der Waals surface area contributed by atoms with Gasteiger partial charge in [-0.15, -0.1) is 21.5 Å². The lowest BCUT2D eigenvalue weighted by molar-refractivity contribution is 0.00200. The monoisotopic (exact) mass is 550 g/mol. The number of nitrogens with zero attached hydrogens (tertiary/aromatic N) is 4. The molecule has 2 aromatic carbocycles. The minimum absolute atomic E-state index is 0.0373. The Bertz CT molecular complexity index is 1690. The molecule has 3 aromatic heterocycles. The van der Waals surface area contributed by atoms with E-state index in [9.17, 15) is 9.59 Å². The van der Waals surface area contributed by atoms with E-state index in [-0.39, 0.29) is 23.2 Å². The molecule has 0 bridgehead atoms. The van der Waals surface area contributed by atoms with Gasteiger partial charge in [0.05, 0.1) is 29.5 Å². The van der Waals surface area contributed by atoms with Crippen LogP contribution in [-0.2, 0) is 17.8 Å². The SMILES string of the molecule is CC(C)C1Cc2c(sc3c2c(=O)n(-c2ccccc2)c2nnc(SCC(=O)c4ccc(Cl)cc4)n32)CO1. The molecule has 188 valence electrons. The summed E-state index contributed by atoms with van der Waals surface area (Å²) in [5.41, 5.74) is 2.23. The van der Waals surface area contributed by atoms with E-state index >= 15 is 0 Å². The smallest absolute Gasteiger partial charge is 0.268 e. The first-order valence-corrected chi connectivity index (χ1v) is 14.1. The number of para-hydroxylation sites is 1. The predicted octanol–water partition coefficient (Wildman–Crippen LogP) is 5.82. The number of thioether (sulfide) groups is 1. The molecule has 0 saturated carbocycles. The lowest BCUT2D eigenvalue weighted by atomic mass is 9.96. The Morgan fingerprint density at radius 1 is 1.16 bits per heavy atom. The number of Topliss-reactive ketones (excluding diaryl/α,β-unsaturated/α-hetero) is 1. The van der Waals surface area contributed by atoms with E-state index in [1.807, 2.05) is 34.7 Å². The van der Waals surface area contributed by atoms with Crippen LogP contribution in [0.15, 0.2) is 64.5 Å². The summed E-state index contributed by atoms with van der Waals surface area (Å²) in [4.78, 5) is 28.7. The van der Waals surface area contributed by atoms with Crippen LogP contribution in [0.5, 0.6) is 0 Å². The summed E-state index contributed by atoms with van der Waals surface area (Å²) >= 11 is 8.82. The lowest BCUT2D eigenvalue weighted by Crippen LogP contribution is -2.28. The quantitative estimate of drug-likeness (QED) is 0.196. The number of carbonyl (C=O) groups is 1. The Balaban J connectivity index is 1.51. The molecule has 0 saturated heterocycles. The number of hydrogen-bond acceptors (Lipinski definition) is 7. The largest absolute Gasteiger partial charge is 0.372 e. The Labute approximate surface area is 226 Å². The molecule has 6 rings (SSSR count). The van der Waals surface area contributed by atoms with Crippen LogP contribution in [0.2, 0.25) is 5.02 Å². The molecule has 0 spiro atoms. The van der Waals surface area contributed by atoms with Gasteiger partial charge in [-0.3, -0.25) is 9.59 Å². The summed E-state index contributed by atoms with van der Waals surface area (Å²) in [6, 6.07) is 16.3. The molecular weight excluding hydrogens is 528 g/mol. The number of halogens is 1. The zero-order valence-electron chi connectivity index (χ0n) is 20.2. The van der Waals surface area contributed by atoms with Crippen molar-refractivity contribution in [3.63, 3.8) is 0 Å². The summed E-state index contributed by atoms with van der Waals surface area (Å²) in [5.74, 6) is 0.899. The van der Waals surface area contributed by atoms with E-state index in [0.29, 0.717) is 51.5 Å². The van der Waals surface area contributed by atoms with Gasteiger partial charge in [-0.2, -0.15) is 0 Å². The number of rotatable bonds is 6. The summed E-state index contributed by atoms with van der Waals surface area (Å²) < 4.78 is 9.64. The van der Waals surface area contributed by atoms with Crippen LogP contribution in [-0.4, -0.2) is 36.8 Å². The second-order valence-electron chi connectivity index (χ2n) is 9.29. The third-order valence-corrected chi connectivity index (χ3v) is 8.97. The van der Waals surface area contributed by atoms with Crippen LogP contribution in [0.4, 0.5) is 0 Å². The zero-order valence-corrected chi connectivity index (χ0v) is 22.6. The van der Waals surface area contributed by atoms with Crippen molar-refractivity contribution in [1.29, 1.82) is 0 Å². The molecule has 0 amide bonds. The summed E-state index contributed by atoms with van der Waals surface area (Å²) in [7, 11) is 0. The number of fused-ring (bicyclic) bond motifs is 5. The van der Waals surface area contributed by atoms with E-state index in [4.69, 9.17) is 16.3 Å². The van der Waals surface area contributed by atoms with Crippen LogP contribution in [0.25, 0.3) is 21.7 Å². The average Bonchev–Trinajstić information content (AvgIpc) is 3.49. The van der Waals surface area contributed by atoms with Crippen molar-refractivity contribution < 1.29 is 9.53 Å². The molecule has 10 heteroatoms. The van der Waals surface area contributed by atoms with Crippen molar-refractivity contribution >= 4 is 56.5 Å². The molecule has 5 aromatic rings. The van der Waals surface area contributed by atoms with E-state index in [1.54, 1.807) is 40.2 Å². The highest BCUT2D eigenvalue weighted by Gasteiger charge is 2.30. The molecular formula is C27H23ClN4O3S2. The third kappa shape index (κ3) is 4.29. The van der Waals surface area contributed by atoms with E-state index < -0.39 is 0 Å². The van der Waals surface area contributed by atoms with Crippen LogP contribution in [0, 0.1) is 5.92 Å². The summed E-state index contributed by atoms with van der Waals surface area (Å²) in [6.07, 6.45) is 0.736. The van der Waals surface area contributed by atoms with Crippen LogP contribution < -0.4 is 5.56 Å². The second-order valence-corrected chi connectivity index (χ2v) is 11.8. The van der Waals surface area contributed by atoms with Gasteiger partial charge in [0.1, 0.15) is 4.83 Å². The van der Waals surface area contributed by atoms with Crippen LogP contribution in [0.3, 0.4) is 0 Å². The van der Waals surface area contributed by atoms with Crippen molar-refractivity contribution in [2.45, 2.75) is 38.1 Å². The fourth-order valence-corrected chi connectivity index (χ4v) is 6.87. The Morgan fingerprint density at radius 2 is 1.92 bits per heavy atom. The Hall–Kier alpha value is -2.98. The van der Waals surface area contributed by atoms with Gasteiger partial charge in [0.2, 0.25) is 5.78 Å². The normalized spacial score (nSPS) is 15.5. The van der Waals surface area contributed by atoms with Gasteiger partial charge in [0, 0.05) is 21.9 Å². The first kappa shape index (κ1) is 24.4. The minimum Gasteiger partial charge on any atom is -0.372 e.